The summed E-state index contributed by atoms with van der Waals surface area (Å²) in [6, 6.07) is 14.6. The Morgan fingerprint density at radius 1 is 1.04 bits per heavy atom. The minimum absolute atomic E-state index is 0.112. The highest BCUT2D eigenvalue weighted by Gasteiger charge is 2.12. The summed E-state index contributed by atoms with van der Waals surface area (Å²) in [6.07, 6.45) is 0.651. The van der Waals surface area contributed by atoms with Crippen LogP contribution in [0.1, 0.15) is 11.4 Å². The second-order valence-corrected chi connectivity index (χ2v) is 7.42. The van der Waals surface area contributed by atoms with Crippen molar-refractivity contribution >= 4 is 46.6 Å². The first-order valence-corrected chi connectivity index (χ1v) is 9.56. The van der Waals surface area contributed by atoms with E-state index in [4.69, 9.17) is 23.2 Å². The van der Waals surface area contributed by atoms with Crippen molar-refractivity contribution in [2.45, 2.75) is 11.6 Å². The topological polar surface area (TPSA) is 59.8 Å². The number of aromatic nitrogens is 3. The van der Waals surface area contributed by atoms with Crippen molar-refractivity contribution in [2.24, 2.45) is 7.05 Å². The standard InChI is InChI=1S/C18H16Cl2N4OS/c1-24-16(10-12-2-4-13(19)5-3-12)22-23-18(24)26-11-17(25)21-15-8-6-14(20)7-9-15/h2-9H,10-11H2,1H3,(H,21,25). The Morgan fingerprint density at radius 3 is 2.31 bits per heavy atom. The van der Waals surface area contributed by atoms with Gasteiger partial charge in [-0.1, -0.05) is 47.1 Å². The maximum absolute atomic E-state index is 12.1. The lowest BCUT2D eigenvalue weighted by atomic mass is 10.1. The SMILES string of the molecule is Cn1c(Cc2ccc(Cl)cc2)nnc1SCC(=O)Nc1ccc(Cl)cc1. The Labute approximate surface area is 165 Å². The molecule has 0 aliphatic heterocycles. The Balaban J connectivity index is 1.56. The molecule has 3 aromatic rings. The van der Waals surface area contributed by atoms with Crippen LogP contribution in [0.2, 0.25) is 10.0 Å². The third-order valence-electron chi connectivity index (χ3n) is 3.66. The van der Waals surface area contributed by atoms with E-state index in [1.807, 2.05) is 35.9 Å². The highest BCUT2D eigenvalue weighted by molar-refractivity contribution is 7.99. The monoisotopic (exact) mass is 406 g/mol. The second-order valence-electron chi connectivity index (χ2n) is 5.60. The molecule has 0 spiro atoms. The van der Waals surface area contributed by atoms with Crippen LogP contribution >= 0.6 is 35.0 Å². The van der Waals surface area contributed by atoms with Crippen molar-refractivity contribution in [3.8, 4) is 0 Å². The van der Waals surface area contributed by atoms with Crippen LogP contribution < -0.4 is 5.32 Å². The van der Waals surface area contributed by atoms with Crippen LogP contribution in [0.4, 0.5) is 5.69 Å². The van der Waals surface area contributed by atoms with E-state index in [2.05, 4.69) is 15.5 Å². The number of rotatable bonds is 6. The summed E-state index contributed by atoms with van der Waals surface area (Å²) in [5, 5.41) is 13.2. The smallest absolute Gasteiger partial charge is 0.234 e. The summed E-state index contributed by atoms with van der Waals surface area (Å²) in [7, 11) is 1.89. The number of anilines is 1. The molecule has 5 nitrogen and oxygen atoms in total. The van der Waals surface area contributed by atoms with Gasteiger partial charge in [-0.25, -0.2) is 0 Å². The maximum atomic E-state index is 12.1. The van der Waals surface area contributed by atoms with Crippen LogP contribution in [0, 0.1) is 0 Å². The van der Waals surface area contributed by atoms with Gasteiger partial charge in [0.15, 0.2) is 5.16 Å². The van der Waals surface area contributed by atoms with Gasteiger partial charge in [0.25, 0.3) is 0 Å². The molecule has 1 heterocycles. The van der Waals surface area contributed by atoms with E-state index in [1.165, 1.54) is 11.8 Å². The molecule has 1 amide bonds. The molecule has 0 aliphatic rings. The first-order valence-electron chi connectivity index (χ1n) is 7.82. The number of halogens is 2. The minimum atomic E-state index is -0.112. The lowest BCUT2D eigenvalue weighted by molar-refractivity contribution is -0.113. The van der Waals surface area contributed by atoms with Crippen molar-refractivity contribution in [1.82, 2.24) is 14.8 Å². The molecular formula is C18H16Cl2N4OS. The number of thioether (sulfide) groups is 1. The van der Waals surface area contributed by atoms with Gasteiger partial charge in [0.1, 0.15) is 5.82 Å². The fraction of sp³-hybridized carbons (Fsp3) is 0.167. The Hall–Kier alpha value is -2.02. The molecule has 26 heavy (non-hydrogen) atoms. The third-order valence-corrected chi connectivity index (χ3v) is 5.19. The number of hydrogen-bond donors (Lipinski definition) is 1. The van der Waals surface area contributed by atoms with E-state index in [0.29, 0.717) is 27.3 Å². The Kier molecular flexibility index (Phi) is 6.19. The number of nitrogens with zero attached hydrogens (tertiary/aromatic N) is 3. The predicted octanol–water partition coefficient (Wildman–Crippen LogP) is 4.44. The normalized spacial score (nSPS) is 10.7. The molecule has 8 heteroatoms. The molecule has 0 unspecified atom stereocenters. The minimum Gasteiger partial charge on any atom is -0.325 e. The fourth-order valence-corrected chi connectivity index (χ4v) is 3.25. The lowest BCUT2D eigenvalue weighted by Gasteiger charge is -2.06. The highest BCUT2D eigenvalue weighted by Crippen LogP contribution is 2.19. The molecule has 0 fully saturated rings. The van der Waals surface area contributed by atoms with Crippen LogP contribution in [-0.4, -0.2) is 26.4 Å². The van der Waals surface area contributed by atoms with Crippen LogP contribution in [0.15, 0.2) is 53.7 Å². The van der Waals surface area contributed by atoms with Gasteiger partial charge in [0, 0.05) is 29.2 Å². The number of hydrogen-bond acceptors (Lipinski definition) is 4. The van der Waals surface area contributed by atoms with Crippen molar-refractivity contribution in [1.29, 1.82) is 0 Å². The average molecular weight is 407 g/mol. The van der Waals surface area contributed by atoms with Crippen LogP contribution in [0.3, 0.4) is 0 Å². The van der Waals surface area contributed by atoms with E-state index < -0.39 is 0 Å². The van der Waals surface area contributed by atoms with Crippen molar-refractivity contribution in [3.63, 3.8) is 0 Å². The molecular weight excluding hydrogens is 391 g/mol. The highest BCUT2D eigenvalue weighted by atomic mass is 35.5. The summed E-state index contributed by atoms with van der Waals surface area (Å²) < 4.78 is 1.90. The first-order chi connectivity index (χ1) is 12.5. The summed E-state index contributed by atoms with van der Waals surface area (Å²) >= 11 is 13.1. The second kappa shape index (κ2) is 8.58. The van der Waals surface area contributed by atoms with Crippen LogP contribution in [0.25, 0.3) is 0 Å². The van der Waals surface area contributed by atoms with Gasteiger partial charge in [-0.05, 0) is 42.0 Å². The quantitative estimate of drug-likeness (QED) is 0.614. The first kappa shape index (κ1) is 18.8. The zero-order valence-corrected chi connectivity index (χ0v) is 16.3. The van der Waals surface area contributed by atoms with Crippen molar-refractivity contribution < 1.29 is 4.79 Å². The average Bonchev–Trinajstić information content (AvgIpc) is 2.97. The predicted molar refractivity (Wildman–Crippen MR) is 106 cm³/mol. The largest absolute Gasteiger partial charge is 0.325 e. The molecule has 0 bridgehead atoms. The molecule has 1 aromatic heterocycles. The van der Waals surface area contributed by atoms with E-state index in [9.17, 15) is 4.79 Å². The number of carbonyl (C=O) groups is 1. The molecule has 0 aliphatic carbocycles. The fourth-order valence-electron chi connectivity index (χ4n) is 2.27. The Morgan fingerprint density at radius 2 is 1.65 bits per heavy atom. The van der Waals surface area contributed by atoms with Gasteiger partial charge < -0.3 is 9.88 Å². The summed E-state index contributed by atoms with van der Waals surface area (Å²) in [5.74, 6) is 0.961. The molecule has 2 aromatic carbocycles. The van der Waals surface area contributed by atoms with E-state index >= 15 is 0 Å². The van der Waals surface area contributed by atoms with E-state index in [1.54, 1.807) is 24.3 Å². The number of amides is 1. The van der Waals surface area contributed by atoms with Gasteiger partial charge in [0.2, 0.25) is 5.91 Å². The number of carbonyl (C=O) groups excluding carboxylic acids is 1. The van der Waals surface area contributed by atoms with Gasteiger partial charge in [-0.3, -0.25) is 4.79 Å². The maximum Gasteiger partial charge on any atom is 0.234 e. The van der Waals surface area contributed by atoms with Crippen molar-refractivity contribution in [3.05, 3.63) is 70.0 Å². The number of benzene rings is 2. The molecule has 0 saturated heterocycles. The van der Waals surface area contributed by atoms with Crippen LogP contribution in [0.5, 0.6) is 0 Å². The van der Waals surface area contributed by atoms with E-state index in [0.717, 1.165) is 11.4 Å². The van der Waals surface area contributed by atoms with Gasteiger partial charge in [-0.15, -0.1) is 10.2 Å². The molecule has 0 radical (unpaired) electrons. The summed E-state index contributed by atoms with van der Waals surface area (Å²) in [4.78, 5) is 12.1. The molecule has 134 valence electrons. The molecule has 3 rings (SSSR count). The Bertz CT molecular complexity index is 895. The molecule has 0 saturated carbocycles. The van der Waals surface area contributed by atoms with Gasteiger partial charge in [-0.2, -0.15) is 0 Å². The zero-order chi connectivity index (χ0) is 18.5. The summed E-state index contributed by atoms with van der Waals surface area (Å²) in [6.45, 7) is 0. The van der Waals surface area contributed by atoms with Crippen molar-refractivity contribution in [2.75, 3.05) is 11.1 Å². The summed E-state index contributed by atoms with van der Waals surface area (Å²) in [5.41, 5.74) is 1.81. The molecule has 0 atom stereocenters. The van der Waals surface area contributed by atoms with Crippen LogP contribution in [-0.2, 0) is 18.3 Å². The van der Waals surface area contributed by atoms with Gasteiger partial charge >= 0.3 is 0 Å². The third kappa shape index (κ3) is 5.00. The van der Waals surface area contributed by atoms with Gasteiger partial charge in [0.05, 0.1) is 5.75 Å². The van der Waals surface area contributed by atoms with E-state index in [-0.39, 0.29) is 11.7 Å². The lowest BCUT2D eigenvalue weighted by Crippen LogP contribution is -2.14. The zero-order valence-electron chi connectivity index (χ0n) is 13.9. The number of nitrogens with one attached hydrogen (secondary N) is 1. The molecule has 1 N–H and O–H groups in total.